The molecular formula is C23H31N5O2. The van der Waals surface area contributed by atoms with Gasteiger partial charge in [0.15, 0.2) is 0 Å². The Labute approximate surface area is 177 Å². The van der Waals surface area contributed by atoms with Gasteiger partial charge in [0.05, 0.1) is 0 Å². The molecule has 2 aromatic rings. The van der Waals surface area contributed by atoms with Crippen LogP contribution in [0.1, 0.15) is 54.6 Å². The Morgan fingerprint density at radius 2 is 1.77 bits per heavy atom. The Kier molecular flexibility index (Phi) is 5.56. The van der Waals surface area contributed by atoms with Crippen molar-refractivity contribution in [2.75, 3.05) is 44.3 Å². The summed E-state index contributed by atoms with van der Waals surface area (Å²) in [5, 5.41) is 0. The number of aryl methyl sites for hydroxylation is 1. The highest BCUT2D eigenvalue weighted by Gasteiger charge is 2.30. The molecule has 1 aliphatic carbocycles. The van der Waals surface area contributed by atoms with Crippen LogP contribution in [0.5, 0.6) is 0 Å². The third-order valence-corrected chi connectivity index (χ3v) is 6.60. The van der Waals surface area contributed by atoms with Crippen molar-refractivity contribution in [3.8, 4) is 0 Å². The fourth-order valence-electron chi connectivity index (χ4n) is 4.44. The van der Waals surface area contributed by atoms with Gasteiger partial charge in [-0.2, -0.15) is 0 Å². The number of anilines is 1. The molecule has 2 aromatic heterocycles. The van der Waals surface area contributed by atoms with Crippen molar-refractivity contribution in [2.24, 2.45) is 7.05 Å². The van der Waals surface area contributed by atoms with E-state index in [2.05, 4.69) is 15.9 Å². The number of ether oxygens (including phenoxy) is 1. The van der Waals surface area contributed by atoms with E-state index in [1.165, 1.54) is 18.5 Å². The molecule has 30 heavy (non-hydrogen) atoms. The van der Waals surface area contributed by atoms with Gasteiger partial charge in [0.2, 0.25) is 0 Å². The van der Waals surface area contributed by atoms with Crippen molar-refractivity contribution >= 4 is 5.82 Å². The topological polar surface area (TPSA) is 63.5 Å². The lowest BCUT2D eigenvalue weighted by atomic mass is 9.96. The Morgan fingerprint density at radius 3 is 2.47 bits per heavy atom. The summed E-state index contributed by atoms with van der Waals surface area (Å²) in [6, 6.07) is 6.03. The summed E-state index contributed by atoms with van der Waals surface area (Å²) in [6.07, 6.45) is 6.42. The highest BCUT2D eigenvalue weighted by atomic mass is 16.5. The Bertz CT molecular complexity index is 941. The van der Waals surface area contributed by atoms with E-state index in [4.69, 9.17) is 14.7 Å². The molecule has 160 valence electrons. The van der Waals surface area contributed by atoms with Crippen molar-refractivity contribution < 1.29 is 4.74 Å². The second-order valence-corrected chi connectivity index (χ2v) is 8.92. The lowest BCUT2D eigenvalue weighted by Gasteiger charge is -2.36. The molecule has 3 fully saturated rings. The summed E-state index contributed by atoms with van der Waals surface area (Å²) in [4.78, 5) is 26.7. The molecule has 0 radical (unpaired) electrons. The molecule has 0 N–H and O–H groups in total. The maximum absolute atomic E-state index is 11.9. The average molecular weight is 410 g/mol. The standard InChI is InChI=1S/C23H31N5O2/c1-26-7-4-17(14-22(26)29)16-27-8-10-28(11-9-27)21-15-20(18-5-12-30-13-6-18)24-23(25-21)19-2-3-19/h4,7,14-15,18-19H,2-3,5-6,8-13,16H2,1H3. The Balaban J connectivity index is 1.27. The van der Waals surface area contributed by atoms with Crippen LogP contribution in [0.3, 0.4) is 0 Å². The van der Waals surface area contributed by atoms with E-state index >= 15 is 0 Å². The zero-order chi connectivity index (χ0) is 20.5. The minimum atomic E-state index is 0.0559. The van der Waals surface area contributed by atoms with Crippen LogP contribution >= 0.6 is 0 Å². The van der Waals surface area contributed by atoms with Crippen LogP contribution < -0.4 is 10.5 Å². The van der Waals surface area contributed by atoms with Gasteiger partial charge in [-0.25, -0.2) is 9.97 Å². The highest BCUT2D eigenvalue weighted by molar-refractivity contribution is 5.42. The minimum absolute atomic E-state index is 0.0559. The van der Waals surface area contributed by atoms with Crippen LogP contribution in [-0.2, 0) is 18.3 Å². The predicted molar refractivity (Wildman–Crippen MR) is 116 cm³/mol. The van der Waals surface area contributed by atoms with Gasteiger partial charge in [0, 0.05) is 88.8 Å². The number of piperazine rings is 1. The molecule has 0 atom stereocenters. The molecule has 3 aliphatic rings. The average Bonchev–Trinajstić information content (AvgIpc) is 3.63. The second-order valence-electron chi connectivity index (χ2n) is 8.92. The summed E-state index contributed by atoms with van der Waals surface area (Å²) in [6.45, 7) is 6.37. The van der Waals surface area contributed by atoms with Gasteiger partial charge in [-0.15, -0.1) is 0 Å². The quantitative estimate of drug-likeness (QED) is 0.755. The number of hydrogen-bond acceptors (Lipinski definition) is 6. The highest BCUT2D eigenvalue weighted by Crippen LogP contribution is 2.40. The van der Waals surface area contributed by atoms with Crippen LogP contribution in [-0.4, -0.2) is 58.8 Å². The molecule has 7 heteroatoms. The van der Waals surface area contributed by atoms with Crippen LogP contribution in [0.25, 0.3) is 0 Å². The fraction of sp³-hybridized carbons (Fsp3) is 0.609. The van der Waals surface area contributed by atoms with E-state index in [0.29, 0.717) is 11.8 Å². The van der Waals surface area contributed by atoms with E-state index in [0.717, 1.165) is 76.0 Å². The van der Waals surface area contributed by atoms with Gasteiger partial charge in [-0.3, -0.25) is 9.69 Å². The lowest BCUT2D eigenvalue weighted by Crippen LogP contribution is -2.46. The van der Waals surface area contributed by atoms with Crippen molar-refractivity contribution in [2.45, 2.75) is 44.1 Å². The molecular weight excluding hydrogens is 378 g/mol. The number of pyridine rings is 1. The molecule has 5 rings (SSSR count). The summed E-state index contributed by atoms with van der Waals surface area (Å²) < 4.78 is 7.17. The van der Waals surface area contributed by atoms with Crippen LogP contribution in [0.2, 0.25) is 0 Å². The largest absolute Gasteiger partial charge is 0.381 e. The first-order chi connectivity index (χ1) is 14.7. The summed E-state index contributed by atoms with van der Waals surface area (Å²) in [5.74, 6) is 3.21. The van der Waals surface area contributed by atoms with Gasteiger partial charge in [0.1, 0.15) is 11.6 Å². The predicted octanol–water partition coefficient (Wildman–Crippen LogP) is 2.27. The van der Waals surface area contributed by atoms with E-state index < -0.39 is 0 Å². The number of hydrogen-bond donors (Lipinski definition) is 0. The number of aromatic nitrogens is 3. The first-order valence-electron chi connectivity index (χ1n) is 11.3. The zero-order valence-corrected chi connectivity index (χ0v) is 17.8. The molecule has 1 saturated carbocycles. The van der Waals surface area contributed by atoms with Gasteiger partial charge in [-0.1, -0.05) is 0 Å². The molecule has 0 unspecified atom stereocenters. The lowest BCUT2D eigenvalue weighted by molar-refractivity contribution is 0.0844. The molecule has 7 nitrogen and oxygen atoms in total. The molecule has 0 amide bonds. The Morgan fingerprint density at radius 1 is 1.00 bits per heavy atom. The monoisotopic (exact) mass is 409 g/mol. The van der Waals surface area contributed by atoms with Crippen molar-refractivity contribution in [1.82, 2.24) is 19.4 Å². The number of nitrogens with zero attached hydrogens (tertiary/aromatic N) is 5. The second kappa shape index (κ2) is 8.47. The van der Waals surface area contributed by atoms with Crippen LogP contribution in [0.15, 0.2) is 29.2 Å². The fourth-order valence-corrected chi connectivity index (χ4v) is 4.44. The molecule has 0 aromatic carbocycles. The van der Waals surface area contributed by atoms with E-state index in [1.807, 2.05) is 12.3 Å². The first-order valence-corrected chi connectivity index (χ1v) is 11.3. The van der Waals surface area contributed by atoms with E-state index in [9.17, 15) is 4.79 Å². The zero-order valence-electron chi connectivity index (χ0n) is 17.8. The molecule has 0 bridgehead atoms. The van der Waals surface area contributed by atoms with Gasteiger partial charge < -0.3 is 14.2 Å². The maximum Gasteiger partial charge on any atom is 0.250 e. The summed E-state index contributed by atoms with van der Waals surface area (Å²) >= 11 is 0. The molecule has 2 aliphatic heterocycles. The van der Waals surface area contributed by atoms with E-state index in [-0.39, 0.29) is 5.56 Å². The van der Waals surface area contributed by atoms with Crippen molar-refractivity contribution in [1.29, 1.82) is 0 Å². The third kappa shape index (κ3) is 4.42. The molecule has 4 heterocycles. The van der Waals surface area contributed by atoms with Gasteiger partial charge in [-0.05, 0) is 37.3 Å². The van der Waals surface area contributed by atoms with Crippen LogP contribution in [0.4, 0.5) is 5.82 Å². The van der Waals surface area contributed by atoms with Crippen LogP contribution in [0, 0.1) is 0 Å². The first kappa shape index (κ1) is 19.7. The summed E-state index contributed by atoms with van der Waals surface area (Å²) in [7, 11) is 1.79. The SMILES string of the molecule is Cn1ccc(CN2CCN(c3cc(C4CCOCC4)nc(C4CC4)n3)CC2)cc1=O. The van der Waals surface area contributed by atoms with Gasteiger partial charge in [0.25, 0.3) is 5.56 Å². The minimum Gasteiger partial charge on any atom is -0.381 e. The molecule has 2 saturated heterocycles. The van der Waals surface area contributed by atoms with Gasteiger partial charge >= 0.3 is 0 Å². The normalized spacial score (nSPS) is 21.2. The summed E-state index contributed by atoms with van der Waals surface area (Å²) in [5.41, 5.74) is 2.36. The third-order valence-electron chi connectivity index (χ3n) is 6.60. The maximum atomic E-state index is 11.9. The number of rotatable bonds is 5. The van der Waals surface area contributed by atoms with E-state index in [1.54, 1.807) is 17.7 Å². The smallest absolute Gasteiger partial charge is 0.250 e. The van der Waals surface area contributed by atoms with Crippen molar-refractivity contribution in [3.05, 3.63) is 51.8 Å². The Hall–Kier alpha value is -2.25. The van der Waals surface area contributed by atoms with Crippen molar-refractivity contribution in [3.63, 3.8) is 0 Å². The molecule has 0 spiro atoms.